The van der Waals surface area contributed by atoms with Gasteiger partial charge in [0.05, 0.1) is 17.8 Å². The highest BCUT2D eigenvalue weighted by molar-refractivity contribution is 6.30. The average Bonchev–Trinajstić information content (AvgIpc) is 3.11. The number of carbonyl (C=O) groups is 2. The van der Waals surface area contributed by atoms with Crippen molar-refractivity contribution in [2.24, 2.45) is 5.16 Å². The summed E-state index contributed by atoms with van der Waals surface area (Å²) < 4.78 is 0. The van der Waals surface area contributed by atoms with Crippen molar-refractivity contribution in [3.05, 3.63) is 65.2 Å². The van der Waals surface area contributed by atoms with Crippen molar-refractivity contribution < 1.29 is 14.4 Å². The molecule has 2 aromatic carbocycles. The minimum Gasteiger partial charge on any atom is -0.378 e. The molecule has 1 fully saturated rings. The van der Waals surface area contributed by atoms with Gasteiger partial charge in [0.2, 0.25) is 11.5 Å². The molecule has 0 aliphatic carbocycles. The van der Waals surface area contributed by atoms with Gasteiger partial charge >= 0.3 is 0 Å². The van der Waals surface area contributed by atoms with Crippen molar-refractivity contribution in [3.63, 3.8) is 0 Å². The Labute approximate surface area is 143 Å². The van der Waals surface area contributed by atoms with E-state index < -0.39 is 5.60 Å². The molecule has 0 bridgehead atoms. The van der Waals surface area contributed by atoms with Crippen LogP contribution in [0.4, 0.5) is 5.69 Å². The smallest absolute Gasteiger partial charge is 0.281 e. The maximum atomic E-state index is 12.9. The van der Waals surface area contributed by atoms with E-state index in [-0.39, 0.29) is 24.7 Å². The summed E-state index contributed by atoms with van der Waals surface area (Å²) in [6, 6.07) is 16.0. The Morgan fingerprint density at radius 2 is 1.71 bits per heavy atom. The van der Waals surface area contributed by atoms with E-state index in [4.69, 9.17) is 16.4 Å². The van der Waals surface area contributed by atoms with Gasteiger partial charge in [-0.2, -0.15) is 0 Å². The van der Waals surface area contributed by atoms with E-state index in [9.17, 15) is 9.59 Å². The third-order valence-corrected chi connectivity index (χ3v) is 4.51. The van der Waals surface area contributed by atoms with Gasteiger partial charge in [-0.3, -0.25) is 9.59 Å². The molecule has 2 aliphatic rings. The Hall–Kier alpha value is -2.66. The number of halogens is 1. The van der Waals surface area contributed by atoms with E-state index in [1.807, 2.05) is 18.2 Å². The number of carbonyl (C=O) groups excluding carboxylic acids is 2. The van der Waals surface area contributed by atoms with Crippen molar-refractivity contribution in [1.82, 2.24) is 0 Å². The van der Waals surface area contributed by atoms with Gasteiger partial charge in [-0.15, -0.1) is 0 Å². The topological polar surface area (TPSA) is 59.0 Å². The van der Waals surface area contributed by atoms with Crippen LogP contribution in [0.5, 0.6) is 0 Å². The highest BCUT2D eigenvalue weighted by Gasteiger charge is 2.57. The largest absolute Gasteiger partial charge is 0.378 e. The predicted molar refractivity (Wildman–Crippen MR) is 90.0 cm³/mol. The standard InChI is InChI=1S/C18H13ClN2O3/c19-13-8-6-12(7-9-13)15-10-18(24-20-15)11-16(22)21(17(18)23)14-4-2-1-3-5-14/h1-9H,10-11H2/t18-/m0/s1. The fraction of sp³-hybridized carbons (Fsp3) is 0.167. The molecule has 6 heteroatoms. The highest BCUT2D eigenvalue weighted by Crippen LogP contribution is 2.39. The molecular weight excluding hydrogens is 328 g/mol. The molecule has 2 amide bonds. The molecule has 0 radical (unpaired) electrons. The molecule has 0 saturated carbocycles. The summed E-state index contributed by atoms with van der Waals surface area (Å²) in [6.45, 7) is 0. The fourth-order valence-electron chi connectivity index (χ4n) is 3.04. The van der Waals surface area contributed by atoms with Gasteiger partial charge in [0, 0.05) is 11.4 Å². The van der Waals surface area contributed by atoms with Gasteiger partial charge in [-0.1, -0.05) is 47.1 Å². The highest BCUT2D eigenvalue weighted by atomic mass is 35.5. The second-order valence-electron chi connectivity index (χ2n) is 5.85. The van der Waals surface area contributed by atoms with Crippen LogP contribution in [0.1, 0.15) is 18.4 Å². The van der Waals surface area contributed by atoms with Gasteiger partial charge in [0.1, 0.15) is 0 Å². The SMILES string of the molecule is O=C1C[C@@]2(CC(c3ccc(Cl)cc3)=NO2)C(=O)N1c1ccccc1. The zero-order valence-electron chi connectivity index (χ0n) is 12.6. The molecule has 0 aromatic heterocycles. The van der Waals surface area contributed by atoms with Crippen LogP contribution in [0.2, 0.25) is 5.02 Å². The second-order valence-corrected chi connectivity index (χ2v) is 6.29. The lowest BCUT2D eigenvalue weighted by molar-refractivity contribution is -0.136. The van der Waals surface area contributed by atoms with Gasteiger partial charge < -0.3 is 4.84 Å². The molecule has 1 saturated heterocycles. The Morgan fingerprint density at radius 3 is 2.42 bits per heavy atom. The molecule has 24 heavy (non-hydrogen) atoms. The number of benzene rings is 2. The van der Waals surface area contributed by atoms with Crippen LogP contribution in [0.3, 0.4) is 0 Å². The maximum Gasteiger partial charge on any atom is 0.281 e. The third-order valence-electron chi connectivity index (χ3n) is 4.25. The first-order chi connectivity index (χ1) is 11.6. The van der Waals surface area contributed by atoms with E-state index in [0.29, 0.717) is 16.4 Å². The zero-order chi connectivity index (χ0) is 16.7. The van der Waals surface area contributed by atoms with Crippen LogP contribution < -0.4 is 4.90 Å². The molecule has 120 valence electrons. The Balaban J connectivity index is 1.61. The normalized spacial score (nSPS) is 22.9. The van der Waals surface area contributed by atoms with Crippen molar-refractivity contribution in [2.45, 2.75) is 18.4 Å². The number of anilines is 1. The van der Waals surface area contributed by atoms with Crippen LogP contribution in [-0.4, -0.2) is 23.1 Å². The van der Waals surface area contributed by atoms with Crippen molar-refractivity contribution in [1.29, 1.82) is 0 Å². The maximum absolute atomic E-state index is 12.9. The first-order valence-electron chi connectivity index (χ1n) is 7.52. The monoisotopic (exact) mass is 340 g/mol. The van der Waals surface area contributed by atoms with Gasteiger partial charge in [0.15, 0.2) is 0 Å². The molecule has 2 heterocycles. The Kier molecular flexibility index (Phi) is 3.39. The van der Waals surface area contributed by atoms with Gasteiger partial charge in [-0.25, -0.2) is 4.90 Å². The number of rotatable bonds is 2. The van der Waals surface area contributed by atoms with Crippen molar-refractivity contribution in [2.75, 3.05) is 4.90 Å². The van der Waals surface area contributed by atoms with E-state index >= 15 is 0 Å². The van der Waals surface area contributed by atoms with Crippen LogP contribution in [0.25, 0.3) is 0 Å². The third kappa shape index (κ3) is 2.29. The minimum atomic E-state index is -1.23. The number of nitrogens with zero attached hydrogens (tertiary/aromatic N) is 2. The number of para-hydroxylation sites is 1. The number of oxime groups is 1. The summed E-state index contributed by atoms with van der Waals surface area (Å²) in [7, 11) is 0. The second kappa shape index (κ2) is 5.46. The first kappa shape index (κ1) is 14.9. The summed E-state index contributed by atoms with van der Waals surface area (Å²) in [6.07, 6.45) is 0.254. The van der Waals surface area contributed by atoms with Crippen molar-refractivity contribution >= 4 is 34.8 Å². The number of imide groups is 1. The van der Waals surface area contributed by atoms with Gasteiger partial charge in [0.25, 0.3) is 5.91 Å². The first-order valence-corrected chi connectivity index (χ1v) is 7.90. The lowest BCUT2D eigenvalue weighted by Crippen LogP contribution is -2.40. The molecular formula is C18H13ClN2O3. The zero-order valence-corrected chi connectivity index (χ0v) is 13.4. The predicted octanol–water partition coefficient (Wildman–Crippen LogP) is 3.17. The molecule has 1 spiro atoms. The minimum absolute atomic E-state index is 0.0126. The van der Waals surface area contributed by atoms with Gasteiger partial charge in [-0.05, 0) is 29.8 Å². The van der Waals surface area contributed by atoms with Crippen LogP contribution in [0.15, 0.2) is 59.8 Å². The van der Waals surface area contributed by atoms with Crippen LogP contribution in [0, 0.1) is 0 Å². The summed E-state index contributed by atoms with van der Waals surface area (Å²) in [5.41, 5.74) is 0.785. The molecule has 4 rings (SSSR count). The molecule has 5 nitrogen and oxygen atoms in total. The van der Waals surface area contributed by atoms with E-state index in [0.717, 1.165) is 5.56 Å². The van der Waals surface area contributed by atoms with Crippen LogP contribution >= 0.6 is 11.6 Å². The lowest BCUT2D eigenvalue weighted by atomic mass is 9.92. The summed E-state index contributed by atoms with van der Waals surface area (Å²) >= 11 is 5.89. The van der Waals surface area contributed by atoms with Crippen LogP contribution in [-0.2, 0) is 14.4 Å². The summed E-state index contributed by atoms with van der Waals surface area (Å²) in [5.74, 6) is -0.648. The van der Waals surface area contributed by atoms with E-state index in [2.05, 4.69) is 5.16 Å². The summed E-state index contributed by atoms with van der Waals surface area (Å²) in [5, 5.41) is 4.68. The van der Waals surface area contributed by atoms with E-state index in [1.165, 1.54) is 4.90 Å². The fourth-order valence-corrected chi connectivity index (χ4v) is 3.16. The van der Waals surface area contributed by atoms with E-state index in [1.54, 1.807) is 36.4 Å². The molecule has 2 aliphatic heterocycles. The number of amides is 2. The Bertz CT molecular complexity index is 848. The summed E-state index contributed by atoms with van der Waals surface area (Å²) in [4.78, 5) is 31.9. The number of hydrogen-bond acceptors (Lipinski definition) is 4. The number of hydrogen-bond donors (Lipinski definition) is 0. The van der Waals surface area contributed by atoms with Crippen molar-refractivity contribution in [3.8, 4) is 0 Å². The molecule has 0 N–H and O–H groups in total. The average molecular weight is 341 g/mol. The lowest BCUT2D eigenvalue weighted by Gasteiger charge is -2.19. The quantitative estimate of drug-likeness (QED) is 0.789. The Morgan fingerprint density at radius 1 is 1.00 bits per heavy atom. The molecule has 2 aromatic rings. The molecule has 1 atom stereocenters. The molecule has 0 unspecified atom stereocenters.